The van der Waals surface area contributed by atoms with E-state index >= 15 is 0 Å². The minimum atomic E-state index is -0.443. The lowest BCUT2D eigenvalue weighted by molar-refractivity contribution is -0.384. The average Bonchev–Trinajstić information content (AvgIpc) is 2.46. The molecule has 5 nitrogen and oxygen atoms in total. The molecule has 0 spiro atoms. The van der Waals surface area contributed by atoms with Gasteiger partial charge in [-0.05, 0) is 42.0 Å². The number of hydrogen-bond acceptors (Lipinski definition) is 4. The molecule has 0 saturated carbocycles. The zero-order valence-corrected chi connectivity index (χ0v) is 9.85. The van der Waals surface area contributed by atoms with Crippen molar-refractivity contribution >= 4 is 17.6 Å². The molecule has 0 heterocycles. The van der Waals surface area contributed by atoms with Gasteiger partial charge in [0.15, 0.2) is 0 Å². The van der Waals surface area contributed by atoms with E-state index in [1.807, 2.05) is 6.07 Å². The molecule has 0 aliphatic heterocycles. The van der Waals surface area contributed by atoms with Crippen LogP contribution in [0.3, 0.4) is 0 Å². The zero-order valence-electron chi connectivity index (χ0n) is 9.85. The van der Waals surface area contributed by atoms with E-state index in [1.54, 1.807) is 42.6 Å². The van der Waals surface area contributed by atoms with Crippen LogP contribution in [0.2, 0.25) is 0 Å². The lowest BCUT2D eigenvalue weighted by atomic mass is 10.2. The molecule has 2 aromatic rings. The molecule has 0 aliphatic carbocycles. The summed E-state index contributed by atoms with van der Waals surface area (Å²) in [4.78, 5) is 14.3. The van der Waals surface area contributed by atoms with Gasteiger partial charge in [0.25, 0.3) is 5.69 Å². The van der Waals surface area contributed by atoms with Crippen molar-refractivity contribution in [2.75, 3.05) is 0 Å². The van der Waals surface area contributed by atoms with Crippen molar-refractivity contribution in [3.05, 3.63) is 69.8 Å². The van der Waals surface area contributed by atoms with Gasteiger partial charge >= 0.3 is 0 Å². The van der Waals surface area contributed by atoms with E-state index in [2.05, 4.69) is 4.99 Å². The first-order chi connectivity index (χ1) is 9.19. The highest BCUT2D eigenvalue weighted by Crippen LogP contribution is 2.14. The van der Waals surface area contributed by atoms with Gasteiger partial charge in [0.1, 0.15) is 0 Å². The molecular formula is C14H9N3O2. The van der Waals surface area contributed by atoms with Gasteiger partial charge < -0.3 is 0 Å². The first-order valence-electron chi connectivity index (χ1n) is 5.48. The van der Waals surface area contributed by atoms with E-state index in [4.69, 9.17) is 5.26 Å². The van der Waals surface area contributed by atoms with Crippen molar-refractivity contribution in [2.45, 2.75) is 0 Å². The average molecular weight is 251 g/mol. The van der Waals surface area contributed by atoms with Crippen LogP contribution in [0.15, 0.2) is 53.5 Å². The maximum absolute atomic E-state index is 10.5. The Morgan fingerprint density at radius 1 is 1.11 bits per heavy atom. The van der Waals surface area contributed by atoms with Crippen LogP contribution in [0, 0.1) is 21.4 Å². The summed E-state index contributed by atoms with van der Waals surface area (Å²) in [7, 11) is 0. The Labute approximate surface area is 109 Å². The number of non-ortho nitro benzene ring substituents is 1. The normalized spacial score (nSPS) is 10.3. The monoisotopic (exact) mass is 251 g/mol. The van der Waals surface area contributed by atoms with Crippen LogP contribution in [-0.2, 0) is 0 Å². The van der Waals surface area contributed by atoms with E-state index in [-0.39, 0.29) is 5.69 Å². The van der Waals surface area contributed by atoms with Crippen LogP contribution < -0.4 is 0 Å². The molecule has 0 atom stereocenters. The van der Waals surface area contributed by atoms with Crippen molar-refractivity contribution in [3.8, 4) is 6.07 Å². The van der Waals surface area contributed by atoms with Gasteiger partial charge in [-0.2, -0.15) is 5.26 Å². The number of aliphatic imine (C=N–C) groups is 1. The molecule has 19 heavy (non-hydrogen) atoms. The largest absolute Gasteiger partial charge is 0.269 e. The Balaban J connectivity index is 2.13. The Morgan fingerprint density at radius 2 is 1.74 bits per heavy atom. The molecule has 0 fully saturated rings. The third kappa shape index (κ3) is 3.23. The Hall–Kier alpha value is -3.00. The second-order valence-corrected chi connectivity index (χ2v) is 3.77. The van der Waals surface area contributed by atoms with Gasteiger partial charge in [0.2, 0.25) is 0 Å². The highest BCUT2D eigenvalue weighted by Gasteiger charge is 2.02. The summed E-state index contributed by atoms with van der Waals surface area (Å²) in [5, 5.41) is 19.2. The van der Waals surface area contributed by atoms with Crippen LogP contribution in [0.5, 0.6) is 0 Å². The smallest absolute Gasteiger partial charge is 0.258 e. The Morgan fingerprint density at radius 3 is 2.26 bits per heavy atom. The van der Waals surface area contributed by atoms with Gasteiger partial charge in [-0.25, -0.2) is 0 Å². The van der Waals surface area contributed by atoms with Gasteiger partial charge in [0.05, 0.1) is 22.2 Å². The topological polar surface area (TPSA) is 79.3 Å². The standard InChI is InChI=1S/C14H9N3O2/c15-9-11-1-5-13(6-2-11)16-10-12-3-7-14(8-4-12)17(18)19/h1-8,10H. The van der Waals surface area contributed by atoms with Crippen LogP contribution in [0.25, 0.3) is 0 Å². The Kier molecular flexibility index (Phi) is 3.64. The molecule has 0 radical (unpaired) electrons. The van der Waals surface area contributed by atoms with Crippen LogP contribution in [0.1, 0.15) is 11.1 Å². The number of nitrogens with zero attached hydrogens (tertiary/aromatic N) is 3. The molecule has 0 amide bonds. The SMILES string of the molecule is N#Cc1ccc(N=Cc2ccc([N+](=O)[O-])cc2)cc1. The number of hydrogen-bond donors (Lipinski definition) is 0. The molecule has 2 aromatic carbocycles. The first-order valence-corrected chi connectivity index (χ1v) is 5.48. The third-order valence-corrected chi connectivity index (χ3v) is 2.46. The fourth-order valence-electron chi connectivity index (χ4n) is 1.45. The quantitative estimate of drug-likeness (QED) is 0.477. The molecule has 0 aliphatic rings. The minimum absolute atomic E-state index is 0.0514. The third-order valence-electron chi connectivity index (χ3n) is 2.46. The summed E-state index contributed by atoms with van der Waals surface area (Å²) in [5.74, 6) is 0. The van der Waals surface area contributed by atoms with E-state index in [0.717, 1.165) is 11.3 Å². The maximum Gasteiger partial charge on any atom is 0.269 e. The van der Waals surface area contributed by atoms with Crippen LogP contribution >= 0.6 is 0 Å². The lowest BCUT2D eigenvalue weighted by Crippen LogP contribution is -1.88. The molecule has 0 N–H and O–H groups in total. The summed E-state index contributed by atoms with van der Waals surface area (Å²) >= 11 is 0. The predicted molar refractivity (Wildman–Crippen MR) is 71.5 cm³/mol. The van der Waals surface area contributed by atoms with Crippen molar-refractivity contribution in [1.82, 2.24) is 0 Å². The summed E-state index contributed by atoms with van der Waals surface area (Å²) in [6, 6.07) is 15.0. The van der Waals surface area contributed by atoms with Gasteiger partial charge in [-0.1, -0.05) is 0 Å². The fraction of sp³-hybridized carbons (Fsp3) is 0. The zero-order chi connectivity index (χ0) is 13.7. The molecule has 2 rings (SSSR count). The fourth-order valence-corrected chi connectivity index (χ4v) is 1.45. The molecule has 0 unspecified atom stereocenters. The van der Waals surface area contributed by atoms with Crippen molar-refractivity contribution < 1.29 is 4.92 Å². The minimum Gasteiger partial charge on any atom is -0.258 e. The van der Waals surface area contributed by atoms with E-state index in [1.165, 1.54) is 12.1 Å². The first kappa shape index (κ1) is 12.5. The van der Waals surface area contributed by atoms with Gasteiger partial charge in [-0.15, -0.1) is 0 Å². The summed E-state index contributed by atoms with van der Waals surface area (Å²) in [6.07, 6.45) is 1.62. The summed E-state index contributed by atoms with van der Waals surface area (Å²) < 4.78 is 0. The van der Waals surface area contributed by atoms with Crippen molar-refractivity contribution in [1.29, 1.82) is 5.26 Å². The summed E-state index contributed by atoms with van der Waals surface area (Å²) in [6.45, 7) is 0. The second-order valence-electron chi connectivity index (χ2n) is 3.77. The molecule has 0 bridgehead atoms. The van der Waals surface area contributed by atoms with E-state index < -0.39 is 4.92 Å². The highest BCUT2D eigenvalue weighted by atomic mass is 16.6. The van der Waals surface area contributed by atoms with Crippen LogP contribution in [0.4, 0.5) is 11.4 Å². The van der Waals surface area contributed by atoms with Crippen LogP contribution in [-0.4, -0.2) is 11.1 Å². The lowest BCUT2D eigenvalue weighted by Gasteiger charge is -1.95. The molecule has 5 heteroatoms. The highest BCUT2D eigenvalue weighted by molar-refractivity contribution is 5.82. The molecule has 92 valence electrons. The summed E-state index contributed by atoms with van der Waals surface area (Å²) in [5.41, 5.74) is 2.12. The van der Waals surface area contributed by atoms with Crippen molar-refractivity contribution in [3.63, 3.8) is 0 Å². The number of benzene rings is 2. The molecular weight excluding hydrogens is 242 g/mol. The number of rotatable bonds is 3. The number of nitro benzene ring substituents is 1. The van der Waals surface area contributed by atoms with Crippen molar-refractivity contribution in [2.24, 2.45) is 4.99 Å². The van der Waals surface area contributed by atoms with E-state index in [9.17, 15) is 10.1 Å². The predicted octanol–water partition coefficient (Wildman–Crippen LogP) is 3.22. The number of nitriles is 1. The Bertz CT molecular complexity index is 653. The van der Waals surface area contributed by atoms with Gasteiger partial charge in [-0.3, -0.25) is 15.1 Å². The second kappa shape index (κ2) is 5.56. The molecule has 0 saturated heterocycles. The van der Waals surface area contributed by atoms with E-state index in [0.29, 0.717) is 5.56 Å². The number of nitro groups is 1. The maximum atomic E-state index is 10.5. The molecule has 0 aromatic heterocycles. The van der Waals surface area contributed by atoms with Gasteiger partial charge in [0, 0.05) is 18.3 Å².